The Morgan fingerprint density at radius 1 is 0.974 bits per heavy atom. The predicted octanol–water partition coefficient (Wildman–Crippen LogP) is 3.74. The molecule has 38 heavy (non-hydrogen) atoms. The Morgan fingerprint density at radius 2 is 1.63 bits per heavy atom. The van der Waals surface area contributed by atoms with Gasteiger partial charge in [0, 0.05) is 26.2 Å². The maximum atomic E-state index is 13.7. The molecule has 202 valence electrons. The van der Waals surface area contributed by atoms with E-state index in [0.717, 1.165) is 48.3 Å². The first kappa shape index (κ1) is 27.6. The highest BCUT2D eigenvalue weighted by molar-refractivity contribution is 7.92. The Labute approximate surface area is 225 Å². The standard InChI is InChI=1S/C29H35N3O5S/c1-3-37-28-7-5-4-6-27(28)32(38(34,35)26-14-8-23(2)9-15-26)22-29(33)30-20-24-10-12-25(13-11-24)21-31-16-18-36-19-17-31/h4-15H,3,16-22H2,1-2H3,(H,30,33). The first-order chi connectivity index (χ1) is 18.4. The van der Waals surface area contributed by atoms with Crippen LogP contribution in [0, 0.1) is 6.92 Å². The van der Waals surface area contributed by atoms with E-state index in [9.17, 15) is 13.2 Å². The molecule has 0 saturated carbocycles. The van der Waals surface area contributed by atoms with Gasteiger partial charge in [-0.3, -0.25) is 14.0 Å². The number of morpholine rings is 1. The maximum Gasteiger partial charge on any atom is 0.264 e. The van der Waals surface area contributed by atoms with Crippen molar-refractivity contribution in [3.63, 3.8) is 0 Å². The molecule has 0 unspecified atom stereocenters. The molecule has 0 bridgehead atoms. The Morgan fingerprint density at radius 3 is 2.32 bits per heavy atom. The van der Waals surface area contributed by atoms with E-state index in [1.807, 2.05) is 26.0 Å². The Hall–Kier alpha value is -3.40. The van der Waals surface area contributed by atoms with E-state index >= 15 is 0 Å². The molecule has 3 aromatic carbocycles. The molecule has 9 heteroatoms. The molecule has 1 saturated heterocycles. The van der Waals surface area contributed by atoms with Crippen molar-refractivity contribution in [2.24, 2.45) is 0 Å². The highest BCUT2D eigenvalue weighted by Gasteiger charge is 2.29. The summed E-state index contributed by atoms with van der Waals surface area (Å²) in [6.45, 7) is 8.22. The summed E-state index contributed by atoms with van der Waals surface area (Å²) in [5.41, 5.74) is 3.40. The van der Waals surface area contributed by atoms with Crippen molar-refractivity contribution in [1.82, 2.24) is 10.2 Å². The van der Waals surface area contributed by atoms with Crippen LogP contribution in [0.5, 0.6) is 5.75 Å². The Bertz CT molecular complexity index is 1300. The van der Waals surface area contributed by atoms with E-state index < -0.39 is 15.9 Å². The molecule has 0 aliphatic carbocycles. The molecule has 1 heterocycles. The quantitative estimate of drug-likeness (QED) is 0.401. The van der Waals surface area contributed by atoms with Crippen molar-refractivity contribution in [2.45, 2.75) is 31.8 Å². The molecule has 4 rings (SSSR count). The summed E-state index contributed by atoms with van der Waals surface area (Å²) in [6.07, 6.45) is 0. The van der Waals surface area contributed by atoms with Crippen LogP contribution in [0.15, 0.2) is 77.7 Å². The third kappa shape index (κ3) is 7.12. The van der Waals surface area contributed by atoms with E-state index in [1.165, 1.54) is 5.56 Å². The van der Waals surface area contributed by atoms with Gasteiger partial charge in [0.05, 0.1) is 30.4 Å². The van der Waals surface area contributed by atoms with Gasteiger partial charge < -0.3 is 14.8 Å². The van der Waals surface area contributed by atoms with E-state index in [1.54, 1.807) is 48.5 Å². The lowest BCUT2D eigenvalue weighted by Crippen LogP contribution is -2.41. The fraction of sp³-hybridized carbons (Fsp3) is 0.345. The van der Waals surface area contributed by atoms with Gasteiger partial charge in [0.2, 0.25) is 5.91 Å². The lowest BCUT2D eigenvalue weighted by Gasteiger charge is -2.26. The number of sulfonamides is 1. The number of rotatable bonds is 11. The lowest BCUT2D eigenvalue weighted by molar-refractivity contribution is -0.119. The number of carbonyl (C=O) groups excluding carboxylic acids is 1. The number of para-hydroxylation sites is 2. The molecule has 1 fully saturated rings. The smallest absolute Gasteiger partial charge is 0.264 e. The number of hydrogen-bond acceptors (Lipinski definition) is 6. The number of ether oxygens (including phenoxy) is 2. The van der Waals surface area contributed by atoms with Gasteiger partial charge in [-0.25, -0.2) is 8.42 Å². The van der Waals surface area contributed by atoms with Crippen LogP contribution in [-0.2, 0) is 32.6 Å². The van der Waals surface area contributed by atoms with Gasteiger partial charge in [0.25, 0.3) is 10.0 Å². The third-order valence-corrected chi connectivity index (χ3v) is 8.13. The van der Waals surface area contributed by atoms with E-state index in [-0.39, 0.29) is 11.4 Å². The first-order valence-electron chi connectivity index (χ1n) is 12.8. The van der Waals surface area contributed by atoms with Crippen molar-refractivity contribution >= 4 is 21.6 Å². The average molecular weight is 538 g/mol. The first-order valence-corrected chi connectivity index (χ1v) is 14.3. The molecule has 3 aromatic rings. The van der Waals surface area contributed by atoms with Crippen LogP contribution in [0.1, 0.15) is 23.6 Å². The van der Waals surface area contributed by atoms with E-state index in [0.29, 0.717) is 24.6 Å². The molecule has 0 spiro atoms. The highest BCUT2D eigenvalue weighted by Crippen LogP contribution is 2.32. The summed E-state index contributed by atoms with van der Waals surface area (Å²) in [4.78, 5) is 15.5. The van der Waals surface area contributed by atoms with Crippen LogP contribution in [0.2, 0.25) is 0 Å². The van der Waals surface area contributed by atoms with Crippen molar-refractivity contribution in [3.05, 3.63) is 89.5 Å². The normalized spacial score (nSPS) is 14.2. The van der Waals surface area contributed by atoms with Crippen molar-refractivity contribution in [2.75, 3.05) is 43.8 Å². The van der Waals surface area contributed by atoms with Gasteiger partial charge >= 0.3 is 0 Å². The molecule has 1 aliphatic rings. The maximum absolute atomic E-state index is 13.7. The molecular weight excluding hydrogens is 502 g/mol. The molecular formula is C29H35N3O5S. The van der Waals surface area contributed by atoms with Crippen molar-refractivity contribution in [3.8, 4) is 5.75 Å². The summed E-state index contributed by atoms with van der Waals surface area (Å²) in [6, 6.07) is 21.5. The SMILES string of the molecule is CCOc1ccccc1N(CC(=O)NCc1ccc(CN2CCOCC2)cc1)S(=O)(=O)c1ccc(C)cc1. The van der Waals surface area contributed by atoms with Crippen LogP contribution in [0.3, 0.4) is 0 Å². The van der Waals surface area contributed by atoms with Crippen LogP contribution in [-0.4, -0.2) is 58.7 Å². The van der Waals surface area contributed by atoms with Crippen LogP contribution in [0.25, 0.3) is 0 Å². The minimum atomic E-state index is -4.03. The van der Waals surface area contributed by atoms with Crippen LogP contribution >= 0.6 is 0 Å². The minimum absolute atomic E-state index is 0.109. The third-order valence-electron chi connectivity index (χ3n) is 6.35. The molecule has 1 amide bonds. The summed E-state index contributed by atoms with van der Waals surface area (Å²) in [7, 11) is -4.03. The van der Waals surface area contributed by atoms with Gasteiger partial charge in [-0.05, 0) is 49.2 Å². The topological polar surface area (TPSA) is 88.2 Å². The number of nitrogens with zero attached hydrogens (tertiary/aromatic N) is 2. The molecule has 1 N–H and O–H groups in total. The number of aryl methyl sites for hydroxylation is 1. The second-order valence-corrected chi connectivity index (χ2v) is 11.1. The van der Waals surface area contributed by atoms with Gasteiger partial charge in [-0.15, -0.1) is 0 Å². The second-order valence-electron chi connectivity index (χ2n) is 9.21. The van der Waals surface area contributed by atoms with E-state index in [2.05, 4.69) is 22.3 Å². The zero-order valence-corrected chi connectivity index (χ0v) is 22.7. The average Bonchev–Trinajstić information content (AvgIpc) is 2.93. The van der Waals surface area contributed by atoms with Gasteiger partial charge in [-0.2, -0.15) is 0 Å². The minimum Gasteiger partial charge on any atom is -0.492 e. The zero-order valence-electron chi connectivity index (χ0n) is 21.9. The fourth-order valence-electron chi connectivity index (χ4n) is 4.24. The lowest BCUT2D eigenvalue weighted by atomic mass is 10.1. The summed E-state index contributed by atoms with van der Waals surface area (Å²) in [5.74, 6) is -0.0151. The number of hydrogen-bond donors (Lipinski definition) is 1. The monoisotopic (exact) mass is 537 g/mol. The van der Waals surface area contributed by atoms with Gasteiger partial charge in [0.1, 0.15) is 12.3 Å². The second kappa shape index (κ2) is 12.9. The van der Waals surface area contributed by atoms with E-state index in [4.69, 9.17) is 9.47 Å². The molecule has 0 radical (unpaired) electrons. The highest BCUT2D eigenvalue weighted by atomic mass is 32.2. The number of benzene rings is 3. The number of anilines is 1. The zero-order chi connectivity index (χ0) is 27.0. The van der Waals surface area contributed by atoms with Crippen LogP contribution in [0.4, 0.5) is 5.69 Å². The summed E-state index contributed by atoms with van der Waals surface area (Å²) in [5, 5.41) is 2.87. The predicted molar refractivity (Wildman–Crippen MR) is 148 cm³/mol. The largest absolute Gasteiger partial charge is 0.492 e. The Balaban J connectivity index is 1.47. The summed E-state index contributed by atoms with van der Waals surface area (Å²) >= 11 is 0. The molecule has 0 aromatic heterocycles. The summed E-state index contributed by atoms with van der Waals surface area (Å²) < 4.78 is 39.6. The molecule has 1 aliphatic heterocycles. The number of amides is 1. The van der Waals surface area contributed by atoms with Crippen LogP contribution < -0.4 is 14.4 Å². The fourth-order valence-corrected chi connectivity index (χ4v) is 5.68. The molecule has 8 nitrogen and oxygen atoms in total. The Kier molecular flexibility index (Phi) is 9.38. The molecule has 0 atom stereocenters. The van der Waals surface area contributed by atoms with Gasteiger partial charge in [-0.1, -0.05) is 54.1 Å². The number of nitrogens with one attached hydrogen (secondary N) is 1. The van der Waals surface area contributed by atoms with Crippen molar-refractivity contribution < 1.29 is 22.7 Å². The van der Waals surface area contributed by atoms with Gasteiger partial charge in [0.15, 0.2) is 0 Å². The number of carbonyl (C=O) groups is 1. The van der Waals surface area contributed by atoms with Crippen molar-refractivity contribution in [1.29, 1.82) is 0 Å².